The molecule has 0 saturated carbocycles. The zero-order valence-corrected chi connectivity index (χ0v) is 19.9. The van der Waals surface area contributed by atoms with Gasteiger partial charge in [0.1, 0.15) is 16.6 Å². The molecule has 2 amide bonds. The van der Waals surface area contributed by atoms with Gasteiger partial charge in [-0.1, -0.05) is 13.8 Å². The number of carbonyl (C=O) groups excluding carboxylic acids is 2. The maximum atomic E-state index is 12.8. The summed E-state index contributed by atoms with van der Waals surface area (Å²) in [6.45, 7) is 9.66. The van der Waals surface area contributed by atoms with Crippen molar-refractivity contribution in [2.24, 2.45) is 5.73 Å². The number of anilines is 2. The summed E-state index contributed by atoms with van der Waals surface area (Å²) in [4.78, 5) is 39.6. The maximum absolute atomic E-state index is 12.8. The highest BCUT2D eigenvalue weighted by Crippen LogP contribution is 2.37. The number of amides is 2. The number of carbonyl (C=O) groups is 2. The number of aromatic nitrogens is 2. The van der Waals surface area contributed by atoms with Gasteiger partial charge >= 0.3 is 0 Å². The molecule has 3 heterocycles. The lowest BCUT2D eigenvalue weighted by Gasteiger charge is -2.35. The van der Waals surface area contributed by atoms with Crippen LogP contribution in [0.4, 0.5) is 10.8 Å². The second kappa shape index (κ2) is 9.54. The topological polar surface area (TPSA) is 104 Å². The van der Waals surface area contributed by atoms with Gasteiger partial charge in [-0.25, -0.2) is 9.97 Å². The largest absolute Gasteiger partial charge is 0.365 e. The predicted molar refractivity (Wildman–Crippen MR) is 128 cm³/mol. The first kappa shape index (κ1) is 22.7. The van der Waals surface area contributed by atoms with Crippen LogP contribution in [-0.2, 0) is 17.6 Å². The molecule has 3 N–H and O–H groups in total. The number of piperazine rings is 1. The molecule has 1 aliphatic heterocycles. The van der Waals surface area contributed by atoms with E-state index in [4.69, 9.17) is 10.7 Å². The van der Waals surface area contributed by atoms with Gasteiger partial charge in [0.05, 0.1) is 12.1 Å². The van der Waals surface area contributed by atoms with E-state index in [0.29, 0.717) is 17.1 Å². The number of thiophene rings is 1. The fourth-order valence-corrected chi connectivity index (χ4v) is 5.72. The third-order valence-electron chi connectivity index (χ3n) is 6.11. The van der Waals surface area contributed by atoms with Crippen LogP contribution in [0.5, 0.6) is 0 Å². The van der Waals surface area contributed by atoms with Crippen molar-refractivity contribution in [2.45, 2.75) is 52.4 Å². The number of rotatable bonds is 6. The fourth-order valence-electron chi connectivity index (χ4n) is 4.41. The van der Waals surface area contributed by atoms with Crippen LogP contribution in [0.15, 0.2) is 6.07 Å². The van der Waals surface area contributed by atoms with Crippen LogP contribution in [0.2, 0.25) is 0 Å². The Bertz CT molecular complexity index is 1010. The molecule has 4 rings (SSSR count). The lowest BCUT2D eigenvalue weighted by atomic mass is 9.95. The molecule has 0 aromatic carbocycles. The van der Waals surface area contributed by atoms with Crippen molar-refractivity contribution in [3.63, 3.8) is 0 Å². The molecule has 8 nitrogen and oxygen atoms in total. The van der Waals surface area contributed by atoms with Gasteiger partial charge in [-0.05, 0) is 38.2 Å². The molecular weight excluding hydrogens is 424 g/mol. The molecule has 1 fully saturated rings. The second-order valence-electron chi connectivity index (χ2n) is 8.97. The van der Waals surface area contributed by atoms with Crippen molar-refractivity contribution in [1.29, 1.82) is 0 Å². The summed E-state index contributed by atoms with van der Waals surface area (Å²) in [5, 5.41) is 3.59. The van der Waals surface area contributed by atoms with E-state index in [1.807, 2.05) is 13.0 Å². The lowest BCUT2D eigenvalue weighted by molar-refractivity contribution is -0.117. The predicted octanol–water partition coefficient (Wildman–Crippen LogP) is 2.71. The normalized spacial score (nSPS) is 16.8. The summed E-state index contributed by atoms with van der Waals surface area (Å²) in [6.07, 6.45) is 4.00. The Labute approximate surface area is 193 Å². The van der Waals surface area contributed by atoms with E-state index >= 15 is 0 Å². The van der Waals surface area contributed by atoms with Crippen molar-refractivity contribution in [3.8, 4) is 0 Å². The van der Waals surface area contributed by atoms with Gasteiger partial charge in [-0.2, -0.15) is 0 Å². The number of nitrogens with one attached hydrogen (secondary N) is 1. The molecule has 2 aromatic heterocycles. The first-order valence-corrected chi connectivity index (χ1v) is 12.2. The quantitative estimate of drug-likeness (QED) is 0.693. The molecule has 32 heavy (non-hydrogen) atoms. The smallest absolute Gasteiger partial charge is 0.251 e. The van der Waals surface area contributed by atoms with Crippen LogP contribution in [0.25, 0.3) is 0 Å². The highest BCUT2D eigenvalue weighted by atomic mass is 32.1. The zero-order chi connectivity index (χ0) is 22.8. The van der Waals surface area contributed by atoms with E-state index in [9.17, 15) is 9.59 Å². The van der Waals surface area contributed by atoms with Crippen molar-refractivity contribution in [3.05, 3.63) is 33.6 Å². The Morgan fingerprint density at radius 2 is 1.88 bits per heavy atom. The van der Waals surface area contributed by atoms with Crippen LogP contribution in [-0.4, -0.2) is 59.4 Å². The molecule has 0 radical (unpaired) electrons. The van der Waals surface area contributed by atoms with Gasteiger partial charge in [-0.3, -0.25) is 14.5 Å². The first-order valence-electron chi connectivity index (χ1n) is 11.4. The molecule has 2 aromatic rings. The summed E-state index contributed by atoms with van der Waals surface area (Å²) in [5.41, 5.74) is 8.18. The monoisotopic (exact) mass is 456 g/mol. The molecule has 0 atom stereocenters. The Morgan fingerprint density at radius 1 is 1.16 bits per heavy atom. The zero-order valence-electron chi connectivity index (χ0n) is 19.1. The molecule has 2 aliphatic rings. The number of nitrogens with two attached hydrogens (primary N) is 1. The maximum Gasteiger partial charge on any atom is 0.251 e. The van der Waals surface area contributed by atoms with Gasteiger partial charge in [0.2, 0.25) is 5.91 Å². The minimum atomic E-state index is -0.450. The third kappa shape index (κ3) is 4.94. The van der Waals surface area contributed by atoms with Crippen LogP contribution < -0.4 is 16.0 Å². The SMILES string of the molecule is Cc1cc(N2CCN(CC(=O)Nc3sc4c(c3C(N)=O)CCCC4)CC2)nc(C(C)C)n1. The van der Waals surface area contributed by atoms with Crippen LogP contribution in [0.1, 0.15) is 64.9 Å². The molecule has 1 saturated heterocycles. The Kier molecular flexibility index (Phi) is 6.76. The average Bonchev–Trinajstić information content (AvgIpc) is 3.11. The number of primary amides is 1. The Morgan fingerprint density at radius 3 is 2.56 bits per heavy atom. The number of aryl methyl sites for hydroxylation is 2. The van der Waals surface area contributed by atoms with Gasteiger partial charge in [0.15, 0.2) is 0 Å². The molecule has 0 bridgehead atoms. The highest BCUT2D eigenvalue weighted by Gasteiger charge is 2.26. The van der Waals surface area contributed by atoms with Crippen molar-refractivity contribution in [1.82, 2.24) is 14.9 Å². The van der Waals surface area contributed by atoms with E-state index in [1.54, 1.807) is 0 Å². The summed E-state index contributed by atoms with van der Waals surface area (Å²) >= 11 is 1.51. The Hall–Kier alpha value is -2.52. The van der Waals surface area contributed by atoms with Gasteiger partial charge < -0.3 is 16.0 Å². The average molecular weight is 457 g/mol. The fraction of sp³-hybridized carbons (Fsp3) is 0.565. The number of hydrogen-bond donors (Lipinski definition) is 2. The van der Waals surface area contributed by atoms with Gasteiger partial charge in [0.25, 0.3) is 5.91 Å². The first-order chi connectivity index (χ1) is 15.3. The van der Waals surface area contributed by atoms with Crippen LogP contribution >= 0.6 is 11.3 Å². The van der Waals surface area contributed by atoms with Gasteiger partial charge in [-0.15, -0.1) is 11.3 Å². The van der Waals surface area contributed by atoms with Crippen LogP contribution in [0.3, 0.4) is 0 Å². The van der Waals surface area contributed by atoms with E-state index in [0.717, 1.165) is 74.8 Å². The van der Waals surface area contributed by atoms with E-state index < -0.39 is 5.91 Å². The summed E-state index contributed by atoms with van der Waals surface area (Å²) in [5.74, 6) is 1.56. The lowest BCUT2D eigenvalue weighted by Crippen LogP contribution is -2.49. The van der Waals surface area contributed by atoms with Crippen molar-refractivity contribution in [2.75, 3.05) is 42.9 Å². The molecule has 1 aliphatic carbocycles. The molecule has 172 valence electrons. The minimum Gasteiger partial charge on any atom is -0.365 e. The van der Waals surface area contributed by atoms with E-state index in [1.165, 1.54) is 16.2 Å². The van der Waals surface area contributed by atoms with E-state index in [-0.39, 0.29) is 11.8 Å². The molecule has 0 spiro atoms. The molecule has 9 heteroatoms. The third-order valence-corrected chi connectivity index (χ3v) is 7.32. The summed E-state index contributed by atoms with van der Waals surface area (Å²) in [6, 6.07) is 2.03. The van der Waals surface area contributed by atoms with E-state index in [2.05, 4.69) is 33.9 Å². The van der Waals surface area contributed by atoms with Gasteiger partial charge in [0, 0.05) is 48.7 Å². The Balaban J connectivity index is 1.36. The van der Waals surface area contributed by atoms with Crippen LogP contribution in [0, 0.1) is 6.92 Å². The second-order valence-corrected chi connectivity index (χ2v) is 10.1. The number of hydrogen-bond acceptors (Lipinski definition) is 7. The number of nitrogens with zero attached hydrogens (tertiary/aromatic N) is 4. The number of fused-ring (bicyclic) bond motifs is 1. The highest BCUT2D eigenvalue weighted by molar-refractivity contribution is 7.17. The molecular formula is C23H32N6O2S. The minimum absolute atomic E-state index is 0.0977. The van der Waals surface area contributed by atoms with Crippen molar-refractivity contribution < 1.29 is 9.59 Å². The summed E-state index contributed by atoms with van der Waals surface area (Å²) < 4.78 is 0. The standard InChI is InChI=1S/C23H32N6O2S/c1-14(2)22-25-15(3)12-18(26-22)29-10-8-28(9-11-29)13-19(30)27-23-20(21(24)31)16-6-4-5-7-17(16)32-23/h12,14H,4-11,13H2,1-3H3,(H2,24,31)(H,27,30). The van der Waals surface area contributed by atoms with Crippen molar-refractivity contribution >= 4 is 34.0 Å². The summed E-state index contributed by atoms with van der Waals surface area (Å²) in [7, 11) is 0. The molecule has 0 unspecified atom stereocenters.